The van der Waals surface area contributed by atoms with Crippen LogP contribution in [-0.4, -0.2) is 17.7 Å². The molecule has 0 N–H and O–H groups in total. The normalized spacial score (nSPS) is 9.00. The third-order valence-electron chi connectivity index (χ3n) is 0.313. The second-order valence-electron chi connectivity index (χ2n) is 0.910. The lowest BCUT2D eigenvalue weighted by Gasteiger charge is -1.96. The van der Waals surface area contributed by atoms with Gasteiger partial charge in [0.25, 0.3) is 6.47 Å². The highest BCUT2D eigenvalue weighted by molar-refractivity contribution is 7.99. The maximum absolute atomic E-state index is 9.42. The average molecular weight is 138 g/mol. The molecule has 0 radical (unpaired) electrons. The highest BCUT2D eigenvalue weighted by atomic mass is 32.2. The maximum atomic E-state index is 9.42. The van der Waals surface area contributed by atoms with Gasteiger partial charge in [-0.3, -0.25) is 4.79 Å². The molecule has 0 fully saturated rings. The summed E-state index contributed by atoms with van der Waals surface area (Å²) >= 11 is 7.62. The molecule has 0 aromatic heterocycles. The predicted molar refractivity (Wildman–Crippen MR) is 33.8 cm³/mol. The molecule has 2 nitrogen and oxygen atoms in total. The Labute approximate surface area is 53.1 Å². The van der Waals surface area contributed by atoms with E-state index in [1.807, 2.05) is 0 Å². The van der Waals surface area contributed by atoms with Crippen molar-refractivity contribution in [1.29, 1.82) is 0 Å². The second kappa shape index (κ2) is 4.33. The first-order valence-electron chi connectivity index (χ1n) is 1.68. The van der Waals surface area contributed by atoms with Crippen LogP contribution < -0.4 is 0 Å². The van der Waals surface area contributed by atoms with Crippen molar-refractivity contribution in [2.24, 2.45) is 0 Å². The highest BCUT2D eigenvalue weighted by Gasteiger charge is 1.90. The molecule has 0 unspecified atom stereocenters. The topological polar surface area (TPSA) is 26.3 Å². The van der Waals surface area contributed by atoms with E-state index in [2.05, 4.69) is 30.0 Å². The first kappa shape index (κ1) is 7.17. The minimum absolute atomic E-state index is 0.162. The standard InChI is InChI=1S/C3H6O2S2/c4-2-5-1-3(6)7/h2-3,6-7H,1H2. The fourth-order valence-electron chi connectivity index (χ4n) is 0.125. The Kier molecular flexibility index (Phi) is 4.44. The predicted octanol–water partition coefficient (Wildman–Crippen LogP) is 0.345. The van der Waals surface area contributed by atoms with E-state index in [0.717, 1.165) is 0 Å². The Morgan fingerprint density at radius 1 is 1.71 bits per heavy atom. The Morgan fingerprint density at radius 2 is 2.29 bits per heavy atom. The van der Waals surface area contributed by atoms with E-state index in [-0.39, 0.29) is 11.2 Å². The fourth-order valence-corrected chi connectivity index (χ4v) is 0.297. The molecular weight excluding hydrogens is 132 g/mol. The van der Waals surface area contributed by atoms with Crippen LogP contribution in [0.25, 0.3) is 0 Å². The Balaban J connectivity index is 2.81. The summed E-state index contributed by atoms with van der Waals surface area (Å²) in [7, 11) is 0. The molecule has 0 aromatic rings. The highest BCUT2D eigenvalue weighted by Crippen LogP contribution is 1.97. The van der Waals surface area contributed by atoms with Crippen LogP contribution >= 0.6 is 25.3 Å². The van der Waals surface area contributed by atoms with Gasteiger partial charge in [-0.25, -0.2) is 0 Å². The summed E-state index contributed by atoms with van der Waals surface area (Å²) in [4.78, 5) is 9.42. The van der Waals surface area contributed by atoms with Crippen molar-refractivity contribution in [3.05, 3.63) is 0 Å². The molecule has 0 bridgehead atoms. The molecule has 0 saturated heterocycles. The van der Waals surface area contributed by atoms with Crippen molar-refractivity contribution < 1.29 is 9.53 Å². The lowest BCUT2D eigenvalue weighted by molar-refractivity contribution is -0.128. The van der Waals surface area contributed by atoms with E-state index in [4.69, 9.17) is 0 Å². The van der Waals surface area contributed by atoms with Crippen LogP contribution in [0.3, 0.4) is 0 Å². The van der Waals surface area contributed by atoms with Crippen LogP contribution in [0, 0.1) is 0 Å². The largest absolute Gasteiger partial charge is 0.466 e. The van der Waals surface area contributed by atoms with Crippen LogP contribution in [-0.2, 0) is 9.53 Å². The van der Waals surface area contributed by atoms with Crippen LogP contribution in [0.4, 0.5) is 0 Å². The monoisotopic (exact) mass is 138 g/mol. The molecule has 0 aliphatic heterocycles. The molecular formula is C3H6O2S2. The van der Waals surface area contributed by atoms with E-state index < -0.39 is 0 Å². The fraction of sp³-hybridized carbons (Fsp3) is 0.667. The lowest BCUT2D eigenvalue weighted by Crippen LogP contribution is -1.99. The Morgan fingerprint density at radius 3 is 2.43 bits per heavy atom. The van der Waals surface area contributed by atoms with Gasteiger partial charge in [0.2, 0.25) is 0 Å². The maximum Gasteiger partial charge on any atom is 0.293 e. The summed E-state index contributed by atoms with van der Waals surface area (Å²) < 4.78 is 4.10. The molecule has 0 rings (SSSR count). The van der Waals surface area contributed by atoms with Crippen molar-refractivity contribution in [3.63, 3.8) is 0 Å². The quantitative estimate of drug-likeness (QED) is 0.334. The summed E-state index contributed by atoms with van der Waals surface area (Å²) in [6.45, 7) is 0.634. The van der Waals surface area contributed by atoms with Crippen molar-refractivity contribution in [2.45, 2.75) is 4.58 Å². The number of carbonyl (C=O) groups excluding carboxylic acids is 1. The minimum Gasteiger partial charge on any atom is -0.466 e. The summed E-state index contributed by atoms with van der Waals surface area (Å²) in [5, 5.41) is 0. The Hall–Kier alpha value is 0.170. The van der Waals surface area contributed by atoms with Gasteiger partial charge in [0.05, 0.1) is 4.58 Å². The number of ether oxygens (including phenoxy) is 1. The van der Waals surface area contributed by atoms with Crippen LogP contribution in [0.15, 0.2) is 0 Å². The van der Waals surface area contributed by atoms with Crippen molar-refractivity contribution in [3.8, 4) is 0 Å². The van der Waals surface area contributed by atoms with Gasteiger partial charge in [0.1, 0.15) is 6.61 Å². The lowest BCUT2D eigenvalue weighted by atomic mass is 10.8. The molecule has 0 spiro atoms. The minimum atomic E-state index is -0.162. The number of hydrogen-bond donors (Lipinski definition) is 2. The third-order valence-corrected chi connectivity index (χ3v) is 0.611. The first-order chi connectivity index (χ1) is 3.27. The molecule has 0 aliphatic rings. The van der Waals surface area contributed by atoms with E-state index in [0.29, 0.717) is 6.47 Å². The number of hydrogen-bond acceptors (Lipinski definition) is 4. The van der Waals surface area contributed by atoms with E-state index in [1.165, 1.54) is 0 Å². The summed E-state index contributed by atoms with van der Waals surface area (Å²) in [5.74, 6) is 0. The number of thiol groups is 2. The zero-order chi connectivity index (χ0) is 5.70. The van der Waals surface area contributed by atoms with E-state index in [1.54, 1.807) is 0 Å². The molecule has 0 atom stereocenters. The van der Waals surface area contributed by atoms with Gasteiger partial charge in [-0.1, -0.05) is 0 Å². The van der Waals surface area contributed by atoms with Crippen LogP contribution in [0.1, 0.15) is 0 Å². The average Bonchev–Trinajstić information content (AvgIpc) is 1.61. The van der Waals surface area contributed by atoms with E-state index in [9.17, 15) is 4.79 Å². The second-order valence-corrected chi connectivity index (χ2v) is 2.56. The molecule has 42 valence electrons. The van der Waals surface area contributed by atoms with Crippen molar-refractivity contribution in [2.75, 3.05) is 6.61 Å². The number of rotatable bonds is 3. The van der Waals surface area contributed by atoms with Gasteiger partial charge in [0, 0.05) is 0 Å². The first-order valence-corrected chi connectivity index (χ1v) is 2.72. The molecule has 0 saturated carbocycles. The molecule has 0 aromatic carbocycles. The summed E-state index contributed by atoms with van der Waals surface area (Å²) in [5.41, 5.74) is 0. The summed E-state index contributed by atoms with van der Waals surface area (Å²) in [6.07, 6.45) is 0. The molecule has 4 heteroatoms. The Bertz CT molecular complexity index is 54.9. The van der Waals surface area contributed by atoms with Crippen LogP contribution in [0.2, 0.25) is 0 Å². The SMILES string of the molecule is O=COCC(S)S. The van der Waals surface area contributed by atoms with Crippen molar-refractivity contribution in [1.82, 2.24) is 0 Å². The van der Waals surface area contributed by atoms with E-state index >= 15 is 0 Å². The molecule has 0 heterocycles. The molecule has 0 aliphatic carbocycles. The third kappa shape index (κ3) is 6.17. The van der Waals surface area contributed by atoms with Gasteiger partial charge in [-0.15, -0.1) is 0 Å². The van der Waals surface area contributed by atoms with Gasteiger partial charge in [-0.2, -0.15) is 25.3 Å². The number of carbonyl (C=O) groups is 1. The van der Waals surface area contributed by atoms with Gasteiger partial charge in [0.15, 0.2) is 0 Å². The molecule has 0 amide bonds. The molecule has 7 heavy (non-hydrogen) atoms. The summed E-state index contributed by atoms with van der Waals surface area (Å²) in [6, 6.07) is 0. The smallest absolute Gasteiger partial charge is 0.293 e. The zero-order valence-electron chi connectivity index (χ0n) is 3.57. The van der Waals surface area contributed by atoms with Crippen LogP contribution in [0.5, 0.6) is 0 Å². The van der Waals surface area contributed by atoms with Gasteiger partial charge >= 0.3 is 0 Å². The van der Waals surface area contributed by atoms with Gasteiger partial charge < -0.3 is 4.74 Å². The van der Waals surface area contributed by atoms with Gasteiger partial charge in [-0.05, 0) is 0 Å². The zero-order valence-corrected chi connectivity index (χ0v) is 5.36. The van der Waals surface area contributed by atoms with Crippen molar-refractivity contribution >= 4 is 31.7 Å².